The van der Waals surface area contributed by atoms with Gasteiger partial charge in [0.05, 0.1) is 23.7 Å². The van der Waals surface area contributed by atoms with Crippen LogP contribution in [0.15, 0.2) is 36.5 Å². The van der Waals surface area contributed by atoms with Crippen LogP contribution in [0, 0.1) is 0 Å². The quantitative estimate of drug-likeness (QED) is 0.847. The van der Waals surface area contributed by atoms with Crippen LogP contribution < -0.4 is 5.32 Å². The van der Waals surface area contributed by atoms with E-state index in [1.165, 1.54) is 0 Å². The molecule has 0 aliphatic heterocycles. The Morgan fingerprint density at radius 1 is 1.41 bits per heavy atom. The largest absolute Gasteiger partial charge is 0.393 e. The van der Waals surface area contributed by atoms with Gasteiger partial charge < -0.3 is 10.4 Å². The second kappa shape index (κ2) is 4.93. The van der Waals surface area contributed by atoms with Gasteiger partial charge in [-0.1, -0.05) is 18.2 Å². The van der Waals surface area contributed by atoms with Crippen molar-refractivity contribution in [3.8, 4) is 0 Å². The Morgan fingerprint density at radius 2 is 2.18 bits per heavy atom. The monoisotopic (exact) mass is 230 g/mol. The van der Waals surface area contributed by atoms with Crippen LogP contribution in [-0.2, 0) is 4.79 Å². The maximum Gasteiger partial charge on any atom is 0.227 e. The number of anilines is 1. The van der Waals surface area contributed by atoms with Gasteiger partial charge >= 0.3 is 0 Å². The van der Waals surface area contributed by atoms with Crippen LogP contribution in [-0.4, -0.2) is 22.1 Å². The molecule has 2 rings (SSSR count). The first-order chi connectivity index (χ1) is 8.16. The summed E-state index contributed by atoms with van der Waals surface area (Å²) in [4.78, 5) is 15.8. The molecular formula is C13H14N2O2. The standard InChI is InChI=1S/C13H14N2O2/c1-9(16)8-12(17)15-11-6-2-4-10-5-3-7-14-13(10)11/h2-7,9,16H,8H2,1H3,(H,15,17). The molecule has 4 heteroatoms. The number of hydrogen-bond donors (Lipinski definition) is 2. The minimum Gasteiger partial charge on any atom is -0.393 e. The molecule has 0 fully saturated rings. The highest BCUT2D eigenvalue weighted by molar-refractivity contribution is 6.00. The Labute approximate surface area is 99.3 Å². The van der Waals surface area contributed by atoms with E-state index >= 15 is 0 Å². The minimum absolute atomic E-state index is 0.0865. The van der Waals surface area contributed by atoms with Crippen LogP contribution in [0.3, 0.4) is 0 Å². The van der Waals surface area contributed by atoms with Crippen LogP contribution in [0.5, 0.6) is 0 Å². The number of aromatic nitrogens is 1. The van der Waals surface area contributed by atoms with Gasteiger partial charge in [0.15, 0.2) is 0 Å². The molecule has 1 unspecified atom stereocenters. The third-order valence-corrected chi connectivity index (χ3v) is 2.39. The van der Waals surface area contributed by atoms with Crippen molar-refractivity contribution >= 4 is 22.5 Å². The molecule has 1 heterocycles. The fraction of sp³-hybridized carbons (Fsp3) is 0.231. The number of nitrogens with one attached hydrogen (secondary N) is 1. The first-order valence-electron chi connectivity index (χ1n) is 5.48. The second-order valence-electron chi connectivity index (χ2n) is 3.98. The topological polar surface area (TPSA) is 62.2 Å². The first kappa shape index (κ1) is 11.5. The summed E-state index contributed by atoms with van der Waals surface area (Å²) < 4.78 is 0. The minimum atomic E-state index is -0.641. The number of para-hydroxylation sites is 1. The van der Waals surface area contributed by atoms with Crippen molar-refractivity contribution in [1.82, 2.24) is 4.98 Å². The van der Waals surface area contributed by atoms with Crippen molar-refractivity contribution in [2.24, 2.45) is 0 Å². The summed E-state index contributed by atoms with van der Waals surface area (Å²) >= 11 is 0. The molecule has 0 aliphatic rings. The van der Waals surface area contributed by atoms with Gasteiger partial charge in [-0.2, -0.15) is 0 Å². The number of aliphatic hydroxyl groups is 1. The number of rotatable bonds is 3. The summed E-state index contributed by atoms with van der Waals surface area (Å²) in [7, 11) is 0. The van der Waals surface area contributed by atoms with E-state index in [1.54, 1.807) is 19.2 Å². The Hall–Kier alpha value is -1.94. The van der Waals surface area contributed by atoms with Crippen LogP contribution in [0.25, 0.3) is 10.9 Å². The molecule has 0 radical (unpaired) electrons. The van der Waals surface area contributed by atoms with E-state index in [2.05, 4.69) is 10.3 Å². The maximum atomic E-state index is 11.6. The lowest BCUT2D eigenvalue weighted by molar-refractivity contribution is -0.117. The van der Waals surface area contributed by atoms with E-state index in [0.29, 0.717) is 5.69 Å². The van der Waals surface area contributed by atoms with Crippen molar-refractivity contribution in [1.29, 1.82) is 0 Å². The van der Waals surface area contributed by atoms with Crippen molar-refractivity contribution in [2.75, 3.05) is 5.32 Å². The summed E-state index contributed by atoms with van der Waals surface area (Å²) in [6, 6.07) is 9.39. The van der Waals surface area contributed by atoms with Gasteiger partial charge in [0, 0.05) is 11.6 Å². The molecule has 2 aromatic rings. The van der Waals surface area contributed by atoms with Crippen LogP contribution in [0.4, 0.5) is 5.69 Å². The average Bonchev–Trinajstić information content (AvgIpc) is 2.28. The van der Waals surface area contributed by atoms with Gasteiger partial charge in [-0.05, 0) is 19.1 Å². The summed E-state index contributed by atoms with van der Waals surface area (Å²) in [6.45, 7) is 1.58. The normalized spacial score (nSPS) is 12.4. The maximum absolute atomic E-state index is 11.6. The molecule has 17 heavy (non-hydrogen) atoms. The number of carbonyl (C=O) groups excluding carboxylic acids is 1. The summed E-state index contributed by atoms with van der Waals surface area (Å²) in [5.41, 5.74) is 1.43. The Balaban J connectivity index is 2.27. The van der Waals surface area contributed by atoms with Crippen molar-refractivity contribution < 1.29 is 9.90 Å². The molecule has 88 valence electrons. The molecule has 1 atom stereocenters. The summed E-state index contributed by atoms with van der Waals surface area (Å²) in [5.74, 6) is -0.210. The SMILES string of the molecule is CC(O)CC(=O)Nc1cccc2cccnc12. The Kier molecular flexibility index (Phi) is 3.35. The van der Waals surface area contributed by atoms with Gasteiger partial charge in [-0.3, -0.25) is 9.78 Å². The van der Waals surface area contributed by atoms with E-state index in [1.807, 2.05) is 24.3 Å². The van der Waals surface area contributed by atoms with E-state index in [0.717, 1.165) is 10.9 Å². The molecule has 0 saturated carbocycles. The van der Waals surface area contributed by atoms with Crippen molar-refractivity contribution in [2.45, 2.75) is 19.4 Å². The van der Waals surface area contributed by atoms with Gasteiger partial charge in [0.25, 0.3) is 0 Å². The van der Waals surface area contributed by atoms with Crippen LogP contribution >= 0.6 is 0 Å². The molecule has 0 saturated heterocycles. The number of benzene rings is 1. The number of carbonyl (C=O) groups is 1. The highest BCUT2D eigenvalue weighted by Gasteiger charge is 2.08. The average molecular weight is 230 g/mol. The lowest BCUT2D eigenvalue weighted by Crippen LogP contribution is -2.17. The van der Waals surface area contributed by atoms with Crippen LogP contribution in [0.1, 0.15) is 13.3 Å². The number of nitrogens with zero attached hydrogens (tertiary/aromatic N) is 1. The van der Waals surface area contributed by atoms with Crippen LogP contribution in [0.2, 0.25) is 0 Å². The first-order valence-corrected chi connectivity index (χ1v) is 5.48. The van der Waals surface area contributed by atoms with E-state index < -0.39 is 6.10 Å². The van der Waals surface area contributed by atoms with Gasteiger partial charge in [-0.15, -0.1) is 0 Å². The predicted molar refractivity (Wildman–Crippen MR) is 66.7 cm³/mol. The predicted octanol–water partition coefficient (Wildman–Crippen LogP) is 1.94. The number of fused-ring (bicyclic) bond motifs is 1. The number of pyridine rings is 1. The molecule has 1 amide bonds. The molecule has 4 nitrogen and oxygen atoms in total. The zero-order valence-electron chi connectivity index (χ0n) is 9.55. The zero-order valence-corrected chi connectivity index (χ0v) is 9.55. The zero-order chi connectivity index (χ0) is 12.3. The van der Waals surface area contributed by atoms with Crippen molar-refractivity contribution in [3.63, 3.8) is 0 Å². The highest BCUT2D eigenvalue weighted by atomic mass is 16.3. The summed E-state index contributed by atoms with van der Waals surface area (Å²) in [6.07, 6.45) is 1.13. The lowest BCUT2D eigenvalue weighted by Gasteiger charge is -2.08. The molecule has 0 spiro atoms. The number of hydrogen-bond acceptors (Lipinski definition) is 3. The third kappa shape index (κ3) is 2.79. The van der Waals surface area contributed by atoms with E-state index in [4.69, 9.17) is 5.11 Å². The molecule has 1 aromatic heterocycles. The fourth-order valence-corrected chi connectivity index (χ4v) is 1.67. The van der Waals surface area contributed by atoms with Gasteiger partial charge in [0.1, 0.15) is 0 Å². The van der Waals surface area contributed by atoms with E-state index in [9.17, 15) is 4.79 Å². The van der Waals surface area contributed by atoms with E-state index in [-0.39, 0.29) is 12.3 Å². The lowest BCUT2D eigenvalue weighted by atomic mass is 10.2. The van der Waals surface area contributed by atoms with Crippen molar-refractivity contribution in [3.05, 3.63) is 36.5 Å². The smallest absolute Gasteiger partial charge is 0.227 e. The van der Waals surface area contributed by atoms with Gasteiger partial charge in [-0.25, -0.2) is 0 Å². The number of aliphatic hydroxyl groups excluding tert-OH is 1. The molecule has 2 N–H and O–H groups in total. The Bertz CT molecular complexity index is 532. The molecule has 0 bridgehead atoms. The highest BCUT2D eigenvalue weighted by Crippen LogP contribution is 2.20. The van der Waals surface area contributed by atoms with Gasteiger partial charge in [0.2, 0.25) is 5.91 Å². The Morgan fingerprint density at radius 3 is 2.94 bits per heavy atom. The molecule has 1 aromatic carbocycles. The molecular weight excluding hydrogens is 216 g/mol. The third-order valence-electron chi connectivity index (χ3n) is 2.39. The summed E-state index contributed by atoms with van der Waals surface area (Å²) in [5, 5.41) is 12.9. The second-order valence-corrected chi connectivity index (χ2v) is 3.98. The number of amides is 1. The fourth-order valence-electron chi connectivity index (χ4n) is 1.67. The molecule has 0 aliphatic carbocycles.